The van der Waals surface area contributed by atoms with Crippen molar-refractivity contribution >= 4 is 5.69 Å². The normalized spacial score (nSPS) is 16.6. The van der Waals surface area contributed by atoms with E-state index in [1.165, 1.54) is 12.8 Å². The van der Waals surface area contributed by atoms with Gasteiger partial charge in [-0.2, -0.15) is 5.10 Å². The van der Waals surface area contributed by atoms with Gasteiger partial charge < -0.3 is 5.32 Å². The quantitative estimate of drug-likeness (QED) is 0.615. The first-order valence-electron chi connectivity index (χ1n) is 7.39. The highest BCUT2D eigenvalue weighted by molar-refractivity contribution is 5.43. The van der Waals surface area contributed by atoms with Crippen LogP contribution in [0.4, 0.5) is 5.69 Å². The van der Waals surface area contributed by atoms with E-state index in [4.69, 9.17) is 0 Å². The third-order valence-electron chi connectivity index (χ3n) is 3.96. The molecule has 1 aliphatic rings. The molecule has 0 bridgehead atoms. The van der Waals surface area contributed by atoms with Crippen LogP contribution in [0.25, 0.3) is 0 Å². The second kappa shape index (κ2) is 5.91. The highest BCUT2D eigenvalue weighted by Gasteiger charge is 2.35. The summed E-state index contributed by atoms with van der Waals surface area (Å²) in [5, 5.41) is 19.2. The maximum Gasteiger partial charge on any atom is 0.313 e. The van der Waals surface area contributed by atoms with Gasteiger partial charge in [-0.25, -0.2) is 0 Å². The number of nitro groups is 1. The molecule has 1 unspecified atom stereocenters. The molecule has 1 aromatic heterocycles. The van der Waals surface area contributed by atoms with Crippen LogP contribution >= 0.6 is 0 Å². The first-order chi connectivity index (χ1) is 9.45. The summed E-state index contributed by atoms with van der Waals surface area (Å²) in [5.74, 6) is 0.723. The molecule has 1 aromatic rings. The fourth-order valence-corrected chi connectivity index (χ4v) is 2.76. The smallest absolute Gasteiger partial charge is 0.313 e. The summed E-state index contributed by atoms with van der Waals surface area (Å²) in [6.45, 7) is 6.86. The summed E-state index contributed by atoms with van der Waals surface area (Å²) in [4.78, 5) is 11.1. The van der Waals surface area contributed by atoms with Gasteiger partial charge in [0, 0.05) is 25.4 Å². The predicted molar refractivity (Wildman–Crippen MR) is 77.8 cm³/mol. The maximum absolute atomic E-state index is 11.4. The van der Waals surface area contributed by atoms with Crippen molar-refractivity contribution in [1.82, 2.24) is 15.1 Å². The zero-order valence-electron chi connectivity index (χ0n) is 12.7. The molecule has 112 valence electrons. The lowest BCUT2D eigenvalue weighted by molar-refractivity contribution is -0.386. The van der Waals surface area contributed by atoms with Crippen molar-refractivity contribution in [2.45, 2.75) is 52.0 Å². The lowest BCUT2D eigenvalue weighted by atomic mass is 10.0. The molecule has 1 heterocycles. The fourth-order valence-electron chi connectivity index (χ4n) is 2.76. The molecule has 6 nitrogen and oxygen atoms in total. The second-order valence-electron chi connectivity index (χ2n) is 5.92. The zero-order valence-corrected chi connectivity index (χ0v) is 12.7. The van der Waals surface area contributed by atoms with E-state index < -0.39 is 0 Å². The van der Waals surface area contributed by atoms with Gasteiger partial charge in [-0.3, -0.25) is 14.8 Å². The molecule has 0 aliphatic heterocycles. The van der Waals surface area contributed by atoms with Gasteiger partial charge in [-0.1, -0.05) is 20.8 Å². The van der Waals surface area contributed by atoms with E-state index in [2.05, 4.69) is 17.3 Å². The van der Waals surface area contributed by atoms with Crippen LogP contribution in [0, 0.1) is 16.0 Å². The molecular formula is C14H24N4O2. The largest absolute Gasteiger partial charge is 0.314 e. The third-order valence-corrected chi connectivity index (χ3v) is 3.96. The highest BCUT2D eigenvalue weighted by atomic mass is 16.6. The van der Waals surface area contributed by atoms with Gasteiger partial charge in [0.25, 0.3) is 0 Å². The van der Waals surface area contributed by atoms with E-state index in [0.717, 1.165) is 12.2 Å². The van der Waals surface area contributed by atoms with Gasteiger partial charge in [0.1, 0.15) is 11.4 Å². The number of nitrogens with zero attached hydrogens (tertiary/aromatic N) is 3. The lowest BCUT2D eigenvalue weighted by Gasteiger charge is -2.16. The summed E-state index contributed by atoms with van der Waals surface area (Å²) in [6.07, 6.45) is 3.13. The minimum Gasteiger partial charge on any atom is -0.314 e. The monoisotopic (exact) mass is 280 g/mol. The highest BCUT2D eigenvalue weighted by Crippen LogP contribution is 2.36. The molecular weight excluding hydrogens is 256 g/mol. The molecule has 1 aliphatic carbocycles. The van der Waals surface area contributed by atoms with Crippen molar-refractivity contribution in [1.29, 1.82) is 0 Å². The Morgan fingerprint density at radius 3 is 2.60 bits per heavy atom. The van der Waals surface area contributed by atoms with Crippen LogP contribution in [0.3, 0.4) is 0 Å². The zero-order chi connectivity index (χ0) is 14.9. The van der Waals surface area contributed by atoms with Gasteiger partial charge >= 0.3 is 5.69 Å². The summed E-state index contributed by atoms with van der Waals surface area (Å²) >= 11 is 0. The molecule has 1 N–H and O–H groups in total. The van der Waals surface area contributed by atoms with E-state index in [9.17, 15) is 10.1 Å². The van der Waals surface area contributed by atoms with Crippen LogP contribution in [0.2, 0.25) is 0 Å². The van der Waals surface area contributed by atoms with Crippen LogP contribution in [0.5, 0.6) is 0 Å². The minimum atomic E-state index is -0.270. The number of likely N-dealkylation sites (N-methyl/N-ethyl adjacent to an activating group) is 1. The van der Waals surface area contributed by atoms with E-state index in [1.807, 2.05) is 20.9 Å². The van der Waals surface area contributed by atoms with Crippen molar-refractivity contribution in [3.05, 3.63) is 21.5 Å². The first-order valence-corrected chi connectivity index (χ1v) is 7.39. The average molecular weight is 280 g/mol. The van der Waals surface area contributed by atoms with Gasteiger partial charge in [0.15, 0.2) is 0 Å². The number of nitrogens with one attached hydrogen (secondary N) is 1. The van der Waals surface area contributed by atoms with Gasteiger partial charge in [-0.15, -0.1) is 0 Å². The maximum atomic E-state index is 11.4. The Morgan fingerprint density at radius 2 is 2.15 bits per heavy atom. The van der Waals surface area contributed by atoms with Crippen LogP contribution in [0.15, 0.2) is 0 Å². The molecule has 2 rings (SSSR count). The summed E-state index contributed by atoms with van der Waals surface area (Å²) in [6, 6.07) is 0.328. The summed E-state index contributed by atoms with van der Waals surface area (Å²) in [7, 11) is 1.81. The summed E-state index contributed by atoms with van der Waals surface area (Å²) < 4.78 is 1.69. The van der Waals surface area contributed by atoms with Crippen LogP contribution < -0.4 is 5.32 Å². The molecule has 0 spiro atoms. The molecule has 0 aromatic carbocycles. The third kappa shape index (κ3) is 3.00. The minimum absolute atomic E-state index is 0.0638. The Hall–Kier alpha value is -1.43. The lowest BCUT2D eigenvalue weighted by Crippen LogP contribution is -2.33. The molecule has 0 saturated heterocycles. The second-order valence-corrected chi connectivity index (χ2v) is 5.92. The Labute approximate surface area is 119 Å². The van der Waals surface area contributed by atoms with Crippen LogP contribution in [0.1, 0.15) is 50.9 Å². The number of hydrogen-bond acceptors (Lipinski definition) is 4. The fraction of sp³-hybridized carbons (Fsp3) is 0.786. The van der Waals surface area contributed by atoms with E-state index >= 15 is 0 Å². The SMILES string of the molecule is CCNC(Cc1c([N+](=O)[O-])c(C(C)C)nn1C)C1CC1. The van der Waals surface area contributed by atoms with E-state index in [1.54, 1.807) is 4.68 Å². The van der Waals surface area contributed by atoms with Crippen molar-refractivity contribution in [2.24, 2.45) is 13.0 Å². The van der Waals surface area contributed by atoms with Crippen molar-refractivity contribution < 1.29 is 4.92 Å². The molecule has 1 fully saturated rings. The number of hydrogen-bond donors (Lipinski definition) is 1. The van der Waals surface area contributed by atoms with E-state index in [0.29, 0.717) is 24.1 Å². The molecule has 0 amide bonds. The molecule has 20 heavy (non-hydrogen) atoms. The molecule has 1 saturated carbocycles. The molecule has 0 radical (unpaired) electrons. The Kier molecular flexibility index (Phi) is 4.42. The van der Waals surface area contributed by atoms with Gasteiger partial charge in [0.2, 0.25) is 0 Å². The predicted octanol–water partition coefficient (Wildman–Crippen LogP) is 2.38. The van der Waals surface area contributed by atoms with Crippen molar-refractivity contribution in [2.75, 3.05) is 6.54 Å². The Balaban J connectivity index is 2.32. The first kappa shape index (κ1) is 15.0. The van der Waals surface area contributed by atoms with Crippen LogP contribution in [-0.2, 0) is 13.5 Å². The van der Waals surface area contributed by atoms with Gasteiger partial charge in [-0.05, 0) is 25.3 Å². The van der Waals surface area contributed by atoms with Crippen molar-refractivity contribution in [3.8, 4) is 0 Å². The van der Waals surface area contributed by atoms with Crippen molar-refractivity contribution in [3.63, 3.8) is 0 Å². The molecule has 6 heteroatoms. The standard InChI is InChI=1S/C14H24N4O2/c1-5-15-11(10-6-7-10)8-12-14(18(19)20)13(9(2)3)16-17(12)4/h9-11,15H,5-8H2,1-4H3. The topological polar surface area (TPSA) is 73.0 Å². The average Bonchev–Trinajstić information content (AvgIpc) is 3.14. The van der Waals surface area contributed by atoms with Crippen LogP contribution in [-0.4, -0.2) is 27.3 Å². The number of rotatable bonds is 7. The Morgan fingerprint density at radius 1 is 1.50 bits per heavy atom. The van der Waals surface area contributed by atoms with Gasteiger partial charge in [0.05, 0.1) is 4.92 Å². The Bertz CT molecular complexity index is 492. The summed E-state index contributed by atoms with van der Waals surface area (Å²) in [5.41, 5.74) is 1.56. The number of aromatic nitrogens is 2. The molecule has 1 atom stereocenters. The van der Waals surface area contributed by atoms with E-state index in [-0.39, 0.29) is 16.5 Å². The number of aryl methyl sites for hydroxylation is 1.